The van der Waals surface area contributed by atoms with Crippen LogP contribution in [0.5, 0.6) is 0 Å². The Morgan fingerprint density at radius 2 is 1.82 bits per heavy atom. The summed E-state index contributed by atoms with van der Waals surface area (Å²) in [4.78, 5) is 28.4. The van der Waals surface area contributed by atoms with Crippen LogP contribution in [0.4, 0.5) is 4.79 Å². The van der Waals surface area contributed by atoms with Crippen molar-refractivity contribution in [2.45, 2.75) is 45.3 Å². The van der Waals surface area contributed by atoms with Crippen LogP contribution in [-0.2, 0) is 16.0 Å². The molecule has 1 aliphatic heterocycles. The number of carbonyl (C=O) groups is 2. The molecule has 2 amide bonds. The van der Waals surface area contributed by atoms with Crippen molar-refractivity contribution in [2.75, 3.05) is 40.5 Å². The molecule has 1 aromatic carbocycles. The van der Waals surface area contributed by atoms with Crippen LogP contribution in [0.3, 0.4) is 0 Å². The molecule has 0 unspecified atom stereocenters. The van der Waals surface area contributed by atoms with Gasteiger partial charge in [-0.15, -0.1) is 0 Å². The molecule has 156 valence electrons. The molecule has 0 atom stereocenters. The Kier molecular flexibility index (Phi) is 8.73. The van der Waals surface area contributed by atoms with E-state index in [0.717, 1.165) is 32.5 Å². The number of hydrogen-bond acceptors (Lipinski definition) is 5. The number of amides is 2. The average molecular weight is 392 g/mol. The van der Waals surface area contributed by atoms with Crippen molar-refractivity contribution in [3.8, 4) is 0 Å². The Morgan fingerprint density at radius 1 is 1.18 bits per heavy atom. The van der Waals surface area contributed by atoms with Gasteiger partial charge in [-0.05, 0) is 44.4 Å². The molecule has 7 nitrogen and oxygen atoms in total. The van der Waals surface area contributed by atoms with Crippen LogP contribution in [-0.4, -0.2) is 74.3 Å². The van der Waals surface area contributed by atoms with Gasteiger partial charge in [-0.2, -0.15) is 0 Å². The second-order valence-corrected chi connectivity index (χ2v) is 7.49. The van der Waals surface area contributed by atoms with E-state index in [1.165, 1.54) is 12.7 Å². The standard InChI is InChI=1S/C21H33N3O4/c1-16(2)22-21(26)24(13-14-27-3)19-9-11-23(12-10-19)15-17-5-7-18(8-6-17)20(25)28-4/h5-8,16,19H,9-15H2,1-4H3,(H,22,26). The number of likely N-dealkylation sites (tertiary alicyclic amines) is 1. The predicted octanol–water partition coefficient (Wildman–Crippen LogP) is 2.50. The molecule has 0 saturated carbocycles. The third-order valence-electron chi connectivity index (χ3n) is 4.99. The van der Waals surface area contributed by atoms with Crippen molar-refractivity contribution in [3.05, 3.63) is 35.4 Å². The van der Waals surface area contributed by atoms with Gasteiger partial charge < -0.3 is 19.7 Å². The van der Waals surface area contributed by atoms with Gasteiger partial charge in [0.15, 0.2) is 0 Å². The molecule has 0 aliphatic carbocycles. The second kappa shape index (κ2) is 11.0. The lowest BCUT2D eigenvalue weighted by Gasteiger charge is -2.38. The quantitative estimate of drug-likeness (QED) is 0.690. The van der Waals surface area contributed by atoms with E-state index in [9.17, 15) is 9.59 Å². The first-order valence-electron chi connectivity index (χ1n) is 9.90. The molecule has 1 heterocycles. The number of carbonyl (C=O) groups excluding carboxylic acids is 2. The fourth-order valence-corrected chi connectivity index (χ4v) is 3.48. The summed E-state index contributed by atoms with van der Waals surface area (Å²) in [5, 5.41) is 3.00. The van der Waals surface area contributed by atoms with Gasteiger partial charge in [0.2, 0.25) is 0 Å². The SMILES string of the molecule is COCCN(C(=O)NC(C)C)C1CCN(Cc2ccc(C(=O)OC)cc2)CC1. The molecule has 1 aliphatic rings. The average Bonchev–Trinajstić information content (AvgIpc) is 2.69. The number of nitrogens with one attached hydrogen (secondary N) is 1. The first-order valence-corrected chi connectivity index (χ1v) is 9.90. The van der Waals surface area contributed by atoms with E-state index < -0.39 is 0 Å². The number of nitrogens with zero attached hydrogens (tertiary/aromatic N) is 2. The summed E-state index contributed by atoms with van der Waals surface area (Å²) in [6.07, 6.45) is 1.88. The van der Waals surface area contributed by atoms with Gasteiger partial charge >= 0.3 is 12.0 Å². The van der Waals surface area contributed by atoms with Crippen molar-refractivity contribution in [3.63, 3.8) is 0 Å². The van der Waals surface area contributed by atoms with Gasteiger partial charge in [-0.25, -0.2) is 9.59 Å². The maximum atomic E-state index is 12.6. The van der Waals surface area contributed by atoms with Crippen LogP contribution in [0.25, 0.3) is 0 Å². The van der Waals surface area contributed by atoms with Crippen molar-refractivity contribution in [1.82, 2.24) is 15.1 Å². The van der Waals surface area contributed by atoms with Crippen LogP contribution in [0.1, 0.15) is 42.6 Å². The summed E-state index contributed by atoms with van der Waals surface area (Å²) in [6, 6.07) is 7.88. The zero-order chi connectivity index (χ0) is 20.5. The third kappa shape index (κ3) is 6.49. The minimum atomic E-state index is -0.316. The molecule has 1 N–H and O–H groups in total. The molecular weight excluding hydrogens is 358 g/mol. The third-order valence-corrected chi connectivity index (χ3v) is 4.99. The summed E-state index contributed by atoms with van der Waals surface area (Å²) >= 11 is 0. The van der Waals surface area contributed by atoms with Crippen molar-refractivity contribution >= 4 is 12.0 Å². The lowest BCUT2D eigenvalue weighted by atomic mass is 10.0. The number of urea groups is 1. The van der Waals surface area contributed by atoms with Gasteiger partial charge in [0.25, 0.3) is 0 Å². The van der Waals surface area contributed by atoms with Crippen LogP contribution in [0, 0.1) is 0 Å². The molecule has 1 fully saturated rings. The van der Waals surface area contributed by atoms with E-state index in [0.29, 0.717) is 18.7 Å². The minimum Gasteiger partial charge on any atom is -0.465 e. The van der Waals surface area contributed by atoms with E-state index in [1.807, 2.05) is 30.9 Å². The summed E-state index contributed by atoms with van der Waals surface area (Å²) in [7, 11) is 3.05. The number of hydrogen-bond donors (Lipinski definition) is 1. The highest BCUT2D eigenvalue weighted by atomic mass is 16.5. The highest BCUT2D eigenvalue weighted by Crippen LogP contribution is 2.19. The topological polar surface area (TPSA) is 71.1 Å². The van der Waals surface area contributed by atoms with Gasteiger partial charge in [0.1, 0.15) is 0 Å². The minimum absolute atomic E-state index is 0.0103. The molecule has 1 saturated heterocycles. The van der Waals surface area contributed by atoms with Crippen molar-refractivity contribution in [2.24, 2.45) is 0 Å². The van der Waals surface area contributed by atoms with E-state index in [1.54, 1.807) is 19.2 Å². The molecule has 2 rings (SSSR count). The Bertz CT molecular complexity index is 625. The molecule has 0 spiro atoms. The van der Waals surface area contributed by atoms with Crippen LogP contribution in [0.2, 0.25) is 0 Å². The number of esters is 1. The van der Waals surface area contributed by atoms with E-state index in [-0.39, 0.29) is 24.1 Å². The lowest BCUT2D eigenvalue weighted by molar-refractivity contribution is 0.0600. The van der Waals surface area contributed by atoms with Crippen LogP contribution >= 0.6 is 0 Å². The second-order valence-electron chi connectivity index (χ2n) is 7.49. The Hall–Kier alpha value is -2.12. The fraction of sp³-hybridized carbons (Fsp3) is 0.619. The highest BCUT2D eigenvalue weighted by Gasteiger charge is 2.28. The number of methoxy groups -OCH3 is 2. The first kappa shape index (κ1) is 22.2. The van der Waals surface area contributed by atoms with E-state index in [2.05, 4.69) is 10.2 Å². The summed E-state index contributed by atoms with van der Waals surface area (Å²) in [5.74, 6) is -0.316. The molecule has 28 heavy (non-hydrogen) atoms. The highest BCUT2D eigenvalue weighted by molar-refractivity contribution is 5.89. The number of rotatable bonds is 8. The normalized spacial score (nSPS) is 15.5. The summed E-state index contributed by atoms with van der Waals surface area (Å²) < 4.78 is 9.92. The van der Waals surface area contributed by atoms with Gasteiger partial charge in [-0.1, -0.05) is 12.1 Å². The molecule has 7 heteroatoms. The zero-order valence-corrected chi connectivity index (χ0v) is 17.4. The van der Waals surface area contributed by atoms with Gasteiger partial charge in [-0.3, -0.25) is 4.90 Å². The number of piperidine rings is 1. The Labute approximate surface area is 168 Å². The zero-order valence-electron chi connectivity index (χ0n) is 17.4. The Balaban J connectivity index is 1.89. The monoisotopic (exact) mass is 391 g/mol. The largest absolute Gasteiger partial charge is 0.465 e. The maximum absolute atomic E-state index is 12.6. The van der Waals surface area contributed by atoms with Crippen molar-refractivity contribution in [1.29, 1.82) is 0 Å². The predicted molar refractivity (Wildman–Crippen MR) is 108 cm³/mol. The van der Waals surface area contributed by atoms with Crippen LogP contribution in [0.15, 0.2) is 24.3 Å². The van der Waals surface area contributed by atoms with Gasteiger partial charge in [0, 0.05) is 45.4 Å². The lowest BCUT2D eigenvalue weighted by Crippen LogP contribution is -2.52. The van der Waals surface area contributed by atoms with Gasteiger partial charge in [0.05, 0.1) is 19.3 Å². The van der Waals surface area contributed by atoms with Crippen LogP contribution < -0.4 is 5.32 Å². The number of ether oxygens (including phenoxy) is 2. The Morgan fingerprint density at radius 3 is 2.36 bits per heavy atom. The summed E-state index contributed by atoms with van der Waals surface area (Å²) in [6.45, 7) is 7.79. The smallest absolute Gasteiger partial charge is 0.337 e. The molecule has 1 aromatic rings. The molecule has 0 radical (unpaired) electrons. The summed E-state index contributed by atoms with van der Waals surface area (Å²) in [5.41, 5.74) is 1.73. The van der Waals surface area contributed by atoms with E-state index in [4.69, 9.17) is 9.47 Å². The molecule has 0 aromatic heterocycles. The maximum Gasteiger partial charge on any atom is 0.337 e. The first-order chi connectivity index (χ1) is 13.4. The van der Waals surface area contributed by atoms with E-state index >= 15 is 0 Å². The number of benzene rings is 1. The molecule has 0 bridgehead atoms. The fourth-order valence-electron chi connectivity index (χ4n) is 3.48. The van der Waals surface area contributed by atoms with Crippen molar-refractivity contribution < 1.29 is 19.1 Å². The molecular formula is C21H33N3O4.